The number of carbonyl (C=O) groups excluding carboxylic acids is 2. The molecule has 0 spiro atoms. The molecule has 2 aromatic carbocycles. The van der Waals surface area contributed by atoms with Crippen molar-refractivity contribution < 1.29 is 23.5 Å². The molecule has 7 heteroatoms. The molecule has 0 saturated heterocycles. The van der Waals surface area contributed by atoms with Gasteiger partial charge in [-0.15, -0.1) is 0 Å². The van der Waals surface area contributed by atoms with E-state index >= 15 is 0 Å². The summed E-state index contributed by atoms with van der Waals surface area (Å²) in [6.07, 6.45) is 0. The Balaban J connectivity index is 1.80. The van der Waals surface area contributed by atoms with Gasteiger partial charge in [0.15, 0.2) is 17.3 Å². The number of amides is 1. The van der Waals surface area contributed by atoms with E-state index in [1.807, 2.05) is 18.7 Å². The average molecular weight is 372 g/mol. The average Bonchev–Trinajstić information content (AvgIpc) is 3.07. The maximum atomic E-state index is 13.2. The minimum atomic E-state index is -0.335. The van der Waals surface area contributed by atoms with E-state index < -0.39 is 0 Å². The van der Waals surface area contributed by atoms with Crippen molar-refractivity contribution in [2.45, 2.75) is 26.8 Å². The molecule has 1 aliphatic heterocycles. The fourth-order valence-electron chi connectivity index (χ4n) is 2.89. The maximum Gasteiger partial charge on any atom is 0.243 e. The number of hydrogen-bond acceptors (Lipinski definition) is 5. The molecule has 6 nitrogen and oxygen atoms in total. The quantitative estimate of drug-likeness (QED) is 0.785. The van der Waals surface area contributed by atoms with Gasteiger partial charge >= 0.3 is 0 Å². The summed E-state index contributed by atoms with van der Waals surface area (Å²) in [5, 5.41) is 2.78. The van der Waals surface area contributed by atoms with Gasteiger partial charge in [-0.1, -0.05) is 0 Å². The van der Waals surface area contributed by atoms with Crippen molar-refractivity contribution in [1.29, 1.82) is 0 Å². The molecule has 0 aliphatic carbocycles. The number of ketones is 1. The van der Waals surface area contributed by atoms with Crippen molar-refractivity contribution in [3.63, 3.8) is 0 Å². The van der Waals surface area contributed by atoms with Crippen LogP contribution in [0.3, 0.4) is 0 Å². The third-order valence-electron chi connectivity index (χ3n) is 4.26. The highest BCUT2D eigenvalue weighted by Crippen LogP contribution is 2.37. The van der Waals surface area contributed by atoms with Gasteiger partial charge in [-0.25, -0.2) is 4.39 Å². The second-order valence-electron chi connectivity index (χ2n) is 6.55. The summed E-state index contributed by atoms with van der Waals surface area (Å²) in [5.41, 5.74) is 1.46. The molecule has 3 rings (SSSR count). The Labute approximate surface area is 156 Å². The van der Waals surface area contributed by atoms with Gasteiger partial charge in [-0.3, -0.25) is 9.59 Å². The molecule has 0 bridgehead atoms. The zero-order valence-corrected chi connectivity index (χ0v) is 15.4. The normalized spacial score (nSPS) is 12.2. The van der Waals surface area contributed by atoms with Crippen LogP contribution >= 0.6 is 0 Å². The first kappa shape index (κ1) is 18.7. The molecule has 0 fully saturated rings. The summed E-state index contributed by atoms with van der Waals surface area (Å²) in [6, 6.07) is 9.15. The van der Waals surface area contributed by atoms with Crippen LogP contribution in [-0.4, -0.2) is 31.1 Å². The number of anilines is 2. The van der Waals surface area contributed by atoms with E-state index in [1.165, 1.54) is 19.1 Å². The first-order chi connectivity index (χ1) is 12.8. The monoisotopic (exact) mass is 372 g/mol. The molecular weight excluding hydrogens is 351 g/mol. The molecule has 0 unspecified atom stereocenters. The number of carbonyl (C=O) groups is 2. The van der Waals surface area contributed by atoms with E-state index in [2.05, 4.69) is 5.32 Å². The Bertz CT molecular complexity index is 865. The van der Waals surface area contributed by atoms with Crippen LogP contribution in [0, 0.1) is 5.82 Å². The third-order valence-corrected chi connectivity index (χ3v) is 4.26. The number of fused-ring (bicyclic) bond motifs is 1. The van der Waals surface area contributed by atoms with Crippen molar-refractivity contribution in [2.75, 3.05) is 23.6 Å². The van der Waals surface area contributed by atoms with Gasteiger partial charge in [-0.2, -0.15) is 0 Å². The lowest BCUT2D eigenvalue weighted by Crippen LogP contribution is -2.38. The Morgan fingerprint density at radius 1 is 1.15 bits per heavy atom. The van der Waals surface area contributed by atoms with Crippen molar-refractivity contribution in [3.05, 3.63) is 47.8 Å². The van der Waals surface area contributed by atoms with Crippen molar-refractivity contribution in [2.24, 2.45) is 0 Å². The van der Waals surface area contributed by atoms with E-state index in [0.717, 1.165) is 5.69 Å². The molecule has 0 atom stereocenters. The second-order valence-corrected chi connectivity index (χ2v) is 6.55. The summed E-state index contributed by atoms with van der Waals surface area (Å²) in [4.78, 5) is 26.4. The number of hydrogen-bond donors (Lipinski definition) is 1. The SMILES string of the molecule is CC(=O)c1cc2c(cc1NC(=O)CN(c1ccc(F)cc1)C(C)C)OCO2. The van der Waals surface area contributed by atoms with Crippen LogP contribution in [0.1, 0.15) is 31.1 Å². The molecule has 142 valence electrons. The highest BCUT2D eigenvalue weighted by Gasteiger charge is 2.21. The number of halogens is 1. The van der Waals surface area contributed by atoms with E-state index in [0.29, 0.717) is 22.7 Å². The first-order valence-electron chi connectivity index (χ1n) is 8.62. The first-order valence-corrected chi connectivity index (χ1v) is 8.62. The van der Waals surface area contributed by atoms with Crippen LogP contribution in [0.5, 0.6) is 11.5 Å². The lowest BCUT2D eigenvalue weighted by molar-refractivity contribution is -0.115. The number of benzene rings is 2. The lowest BCUT2D eigenvalue weighted by Gasteiger charge is -2.28. The number of nitrogens with one attached hydrogen (secondary N) is 1. The Hall–Kier alpha value is -3.09. The fraction of sp³-hybridized carbons (Fsp3) is 0.300. The second kappa shape index (κ2) is 7.65. The summed E-state index contributed by atoms with van der Waals surface area (Å²) in [5.74, 6) is 0.137. The van der Waals surface area contributed by atoms with Gasteiger partial charge in [0, 0.05) is 23.4 Å². The van der Waals surface area contributed by atoms with Gasteiger partial charge in [0.2, 0.25) is 12.7 Å². The van der Waals surface area contributed by atoms with Crippen molar-refractivity contribution >= 4 is 23.1 Å². The molecular formula is C20H21FN2O4. The maximum absolute atomic E-state index is 13.2. The highest BCUT2D eigenvalue weighted by atomic mass is 19.1. The van der Waals surface area contributed by atoms with Crippen LogP contribution in [0.25, 0.3) is 0 Å². The van der Waals surface area contributed by atoms with Gasteiger partial charge in [0.25, 0.3) is 0 Å². The van der Waals surface area contributed by atoms with Crippen LogP contribution < -0.4 is 19.7 Å². The molecule has 0 saturated carbocycles. The summed E-state index contributed by atoms with van der Waals surface area (Å²) in [7, 11) is 0. The minimum absolute atomic E-state index is 0.0187. The topological polar surface area (TPSA) is 67.9 Å². The van der Waals surface area contributed by atoms with Crippen LogP contribution in [0.4, 0.5) is 15.8 Å². The number of rotatable bonds is 6. The standard InChI is InChI=1S/C20H21FN2O4/c1-12(2)23(15-6-4-14(21)5-7-15)10-20(25)22-17-9-19-18(26-11-27-19)8-16(17)13(3)24/h4-9,12H,10-11H2,1-3H3,(H,22,25). The molecule has 1 heterocycles. The van der Waals surface area contributed by atoms with Crippen LogP contribution in [0.15, 0.2) is 36.4 Å². The third kappa shape index (κ3) is 4.19. The van der Waals surface area contributed by atoms with E-state index in [4.69, 9.17) is 9.47 Å². The van der Waals surface area contributed by atoms with Crippen molar-refractivity contribution in [1.82, 2.24) is 0 Å². The van der Waals surface area contributed by atoms with Gasteiger partial charge in [-0.05, 0) is 51.1 Å². The number of nitrogens with zero attached hydrogens (tertiary/aromatic N) is 1. The van der Waals surface area contributed by atoms with E-state index in [1.54, 1.807) is 24.3 Å². The van der Waals surface area contributed by atoms with Crippen LogP contribution in [0.2, 0.25) is 0 Å². The highest BCUT2D eigenvalue weighted by molar-refractivity contribution is 6.05. The van der Waals surface area contributed by atoms with Gasteiger partial charge in [0.1, 0.15) is 5.82 Å². The number of Topliss-reactive ketones (excluding diaryl/α,β-unsaturated/α-hetero) is 1. The van der Waals surface area contributed by atoms with Gasteiger partial charge in [0.05, 0.1) is 12.2 Å². The molecule has 1 N–H and O–H groups in total. The van der Waals surface area contributed by atoms with Gasteiger partial charge < -0.3 is 19.7 Å². The predicted molar refractivity (Wildman–Crippen MR) is 100 cm³/mol. The van der Waals surface area contributed by atoms with Crippen LogP contribution in [-0.2, 0) is 4.79 Å². The van der Waals surface area contributed by atoms with E-state index in [9.17, 15) is 14.0 Å². The zero-order valence-electron chi connectivity index (χ0n) is 15.4. The summed E-state index contributed by atoms with van der Waals surface area (Å²) in [6.45, 7) is 5.44. The summed E-state index contributed by atoms with van der Waals surface area (Å²) < 4.78 is 23.8. The molecule has 1 amide bonds. The molecule has 0 radical (unpaired) electrons. The Morgan fingerprint density at radius 2 is 1.78 bits per heavy atom. The van der Waals surface area contributed by atoms with E-state index in [-0.39, 0.29) is 36.9 Å². The largest absolute Gasteiger partial charge is 0.454 e. The molecule has 0 aromatic heterocycles. The smallest absolute Gasteiger partial charge is 0.243 e. The van der Waals surface area contributed by atoms with Crippen molar-refractivity contribution in [3.8, 4) is 11.5 Å². The zero-order chi connectivity index (χ0) is 19.6. The Kier molecular flexibility index (Phi) is 5.30. The predicted octanol–water partition coefficient (Wildman–Crippen LogP) is 3.61. The lowest BCUT2D eigenvalue weighted by atomic mass is 10.1. The molecule has 27 heavy (non-hydrogen) atoms. The summed E-state index contributed by atoms with van der Waals surface area (Å²) >= 11 is 0. The Morgan fingerprint density at radius 3 is 2.37 bits per heavy atom. The minimum Gasteiger partial charge on any atom is -0.454 e. The fourth-order valence-corrected chi connectivity index (χ4v) is 2.89. The number of ether oxygens (including phenoxy) is 2. The molecule has 1 aliphatic rings. The molecule has 2 aromatic rings.